The quantitative estimate of drug-likeness (QED) is 0.665. The van der Waals surface area contributed by atoms with Crippen LogP contribution in [0.2, 0.25) is 0 Å². The summed E-state index contributed by atoms with van der Waals surface area (Å²) in [4.78, 5) is 0. The predicted molar refractivity (Wildman–Crippen MR) is 65.9 cm³/mol. The van der Waals surface area contributed by atoms with E-state index in [1.54, 1.807) is 11.3 Å². The van der Waals surface area contributed by atoms with Crippen molar-refractivity contribution in [2.45, 2.75) is 6.92 Å². The molecule has 1 aromatic heterocycles. The van der Waals surface area contributed by atoms with Gasteiger partial charge in [0.25, 0.3) is 0 Å². The third kappa shape index (κ3) is 1.35. The molecule has 1 heterocycles. The molecule has 0 aliphatic heterocycles. The van der Waals surface area contributed by atoms with Crippen molar-refractivity contribution in [2.75, 3.05) is 0 Å². The highest BCUT2D eigenvalue weighted by Gasteiger charge is 2.19. The lowest BCUT2D eigenvalue weighted by molar-refractivity contribution is 1.44. The molecule has 0 fully saturated rings. The van der Waals surface area contributed by atoms with E-state index in [4.69, 9.17) is 0 Å². The Morgan fingerprint density at radius 3 is 2.73 bits per heavy atom. The van der Waals surface area contributed by atoms with Crippen LogP contribution in [0.3, 0.4) is 0 Å². The average molecular weight is 211 g/mol. The second kappa shape index (κ2) is 3.35. The summed E-state index contributed by atoms with van der Waals surface area (Å²) in [5.74, 6) is 0. The van der Waals surface area contributed by atoms with Crippen molar-refractivity contribution in [3.8, 4) is 0 Å². The van der Waals surface area contributed by atoms with E-state index in [1.165, 1.54) is 27.8 Å². The molecule has 1 aromatic carbocycles. The van der Waals surface area contributed by atoms with Gasteiger partial charge in [0.1, 0.15) is 0 Å². The van der Waals surface area contributed by atoms with Gasteiger partial charge < -0.3 is 0 Å². The summed E-state index contributed by atoms with van der Waals surface area (Å²) in [6, 6.07) is 10.8. The summed E-state index contributed by atoms with van der Waals surface area (Å²) < 4.78 is 0. The Kier molecular flexibility index (Phi) is 2.00. The molecule has 1 aliphatic rings. The van der Waals surface area contributed by atoms with Crippen LogP contribution in [-0.2, 0) is 0 Å². The smallest absolute Gasteiger partial charge is 0.0168 e. The maximum Gasteiger partial charge on any atom is 0.0168 e. The number of hydrogen-bond donors (Lipinski definition) is 0. The maximum atomic E-state index is 2.27. The first-order valence-electron chi connectivity index (χ1n) is 5.04. The van der Waals surface area contributed by atoms with Crippen LogP contribution in [0.25, 0.3) is 5.57 Å². The van der Waals surface area contributed by atoms with E-state index in [1.807, 2.05) is 0 Å². The third-order valence-corrected chi connectivity index (χ3v) is 3.49. The van der Waals surface area contributed by atoms with Crippen LogP contribution in [-0.4, -0.2) is 0 Å². The monoisotopic (exact) mass is 211 g/mol. The van der Waals surface area contributed by atoms with E-state index < -0.39 is 0 Å². The summed E-state index contributed by atoms with van der Waals surface area (Å²) in [5, 5.41) is 4.35. The molecule has 0 unspecified atom stereocenters. The lowest BCUT2D eigenvalue weighted by Gasteiger charge is -2.03. The fourth-order valence-electron chi connectivity index (χ4n) is 2.16. The van der Waals surface area contributed by atoms with Crippen LogP contribution in [0.4, 0.5) is 0 Å². The molecular formula is C14H11S. The summed E-state index contributed by atoms with van der Waals surface area (Å²) in [5.41, 5.74) is 6.82. The van der Waals surface area contributed by atoms with E-state index >= 15 is 0 Å². The van der Waals surface area contributed by atoms with Crippen molar-refractivity contribution in [3.05, 3.63) is 69.8 Å². The Hall–Kier alpha value is -1.34. The van der Waals surface area contributed by atoms with Gasteiger partial charge in [-0.15, -0.1) is 0 Å². The van der Waals surface area contributed by atoms with Crippen molar-refractivity contribution >= 4 is 16.9 Å². The zero-order valence-electron chi connectivity index (χ0n) is 8.53. The van der Waals surface area contributed by atoms with Crippen molar-refractivity contribution < 1.29 is 0 Å². The van der Waals surface area contributed by atoms with Crippen LogP contribution < -0.4 is 0 Å². The molecule has 1 radical (unpaired) electrons. The van der Waals surface area contributed by atoms with Gasteiger partial charge in [0.15, 0.2) is 0 Å². The first kappa shape index (κ1) is 8.93. The number of allylic oxidation sites excluding steroid dienone is 1. The standard InChI is InChI=1S/C14H11S/c1-10-8-11-4-2-3-5-13(11)14(10)12-6-7-15-9-12/h2-9H,1H3. The van der Waals surface area contributed by atoms with Gasteiger partial charge in [0.2, 0.25) is 0 Å². The number of rotatable bonds is 1. The van der Waals surface area contributed by atoms with Crippen LogP contribution in [0, 0.1) is 6.42 Å². The Morgan fingerprint density at radius 1 is 1.07 bits per heavy atom. The van der Waals surface area contributed by atoms with E-state index in [-0.39, 0.29) is 0 Å². The molecule has 0 saturated heterocycles. The van der Waals surface area contributed by atoms with Gasteiger partial charge in [-0.25, -0.2) is 0 Å². The van der Waals surface area contributed by atoms with Gasteiger partial charge >= 0.3 is 0 Å². The molecule has 15 heavy (non-hydrogen) atoms. The highest BCUT2D eigenvalue weighted by atomic mass is 32.1. The predicted octanol–water partition coefficient (Wildman–Crippen LogP) is 4.14. The molecule has 3 rings (SSSR count). The fourth-order valence-corrected chi connectivity index (χ4v) is 2.81. The largest absolute Gasteiger partial charge is 0.152 e. The topological polar surface area (TPSA) is 0 Å². The normalized spacial score (nSPS) is 14.5. The summed E-state index contributed by atoms with van der Waals surface area (Å²) in [6.07, 6.45) is 2.27. The van der Waals surface area contributed by atoms with Crippen LogP contribution in [0.5, 0.6) is 0 Å². The van der Waals surface area contributed by atoms with Crippen molar-refractivity contribution in [2.24, 2.45) is 0 Å². The molecule has 0 amide bonds. The number of benzene rings is 1. The Balaban J connectivity index is 2.20. The third-order valence-electron chi connectivity index (χ3n) is 2.81. The van der Waals surface area contributed by atoms with Crippen LogP contribution in [0.15, 0.2) is 46.7 Å². The molecular weight excluding hydrogens is 200 g/mol. The first-order valence-corrected chi connectivity index (χ1v) is 5.98. The van der Waals surface area contributed by atoms with Crippen molar-refractivity contribution in [3.63, 3.8) is 0 Å². The molecule has 0 nitrogen and oxygen atoms in total. The second-order valence-corrected chi connectivity index (χ2v) is 4.58. The Morgan fingerprint density at radius 2 is 1.93 bits per heavy atom. The van der Waals surface area contributed by atoms with Gasteiger partial charge in [0.05, 0.1) is 0 Å². The molecule has 0 spiro atoms. The zero-order chi connectivity index (χ0) is 10.3. The van der Waals surface area contributed by atoms with Crippen LogP contribution in [0.1, 0.15) is 23.6 Å². The highest BCUT2D eigenvalue weighted by Crippen LogP contribution is 2.38. The van der Waals surface area contributed by atoms with Crippen molar-refractivity contribution in [1.29, 1.82) is 0 Å². The summed E-state index contributed by atoms with van der Waals surface area (Å²) in [7, 11) is 0. The molecule has 1 heteroatoms. The average Bonchev–Trinajstić information content (AvgIpc) is 2.82. The zero-order valence-corrected chi connectivity index (χ0v) is 9.34. The number of hydrogen-bond acceptors (Lipinski definition) is 1. The number of fused-ring (bicyclic) bond motifs is 1. The van der Waals surface area contributed by atoms with Gasteiger partial charge in [0, 0.05) is 6.42 Å². The molecule has 73 valence electrons. The van der Waals surface area contributed by atoms with Crippen LogP contribution >= 0.6 is 11.3 Å². The van der Waals surface area contributed by atoms with Crippen molar-refractivity contribution in [1.82, 2.24) is 0 Å². The van der Waals surface area contributed by atoms with Gasteiger partial charge in [-0.2, -0.15) is 11.3 Å². The van der Waals surface area contributed by atoms with Gasteiger partial charge in [-0.1, -0.05) is 29.8 Å². The first-order chi connectivity index (χ1) is 7.36. The molecule has 0 bridgehead atoms. The molecule has 0 N–H and O–H groups in total. The highest BCUT2D eigenvalue weighted by molar-refractivity contribution is 7.08. The summed E-state index contributed by atoms with van der Waals surface area (Å²) >= 11 is 1.76. The lowest BCUT2D eigenvalue weighted by atomic mass is 10.0. The minimum Gasteiger partial charge on any atom is -0.152 e. The molecule has 0 saturated carbocycles. The minimum absolute atomic E-state index is 1.34. The van der Waals surface area contributed by atoms with E-state index in [0.29, 0.717) is 0 Å². The lowest BCUT2D eigenvalue weighted by Crippen LogP contribution is -1.83. The van der Waals surface area contributed by atoms with E-state index in [9.17, 15) is 0 Å². The fraction of sp³-hybridized carbons (Fsp3) is 0.0714. The molecule has 2 aromatic rings. The van der Waals surface area contributed by atoms with Gasteiger partial charge in [-0.3, -0.25) is 0 Å². The number of thiophene rings is 1. The molecule has 0 atom stereocenters. The minimum atomic E-state index is 1.34. The molecule has 1 aliphatic carbocycles. The second-order valence-electron chi connectivity index (χ2n) is 3.80. The van der Waals surface area contributed by atoms with E-state index in [2.05, 4.69) is 54.4 Å². The van der Waals surface area contributed by atoms with Gasteiger partial charge in [-0.05, 0) is 46.0 Å². The Labute approximate surface area is 93.9 Å². The van der Waals surface area contributed by atoms with E-state index in [0.717, 1.165) is 0 Å². The SMILES string of the molecule is CC1=C(c2ccsc2)c2ccccc2[CH]1. The summed E-state index contributed by atoms with van der Waals surface area (Å²) in [6.45, 7) is 2.19. The maximum absolute atomic E-state index is 2.27. The Bertz CT molecular complexity index is 518.